The number of likely N-dealkylation sites (tertiary alicyclic amines) is 1. The topological polar surface area (TPSA) is 105 Å². The molecule has 1 aliphatic rings. The van der Waals surface area contributed by atoms with Gasteiger partial charge in [-0.25, -0.2) is 9.59 Å². The minimum Gasteiger partial charge on any atom is -0.508 e. The highest BCUT2D eigenvalue weighted by Gasteiger charge is 2.36. The van der Waals surface area contributed by atoms with Gasteiger partial charge in [-0.2, -0.15) is 0 Å². The van der Waals surface area contributed by atoms with E-state index in [9.17, 15) is 19.5 Å². The van der Waals surface area contributed by atoms with Crippen molar-refractivity contribution in [1.29, 1.82) is 0 Å². The monoisotopic (exact) mass is 482 g/mol. The van der Waals surface area contributed by atoms with Gasteiger partial charge in [0, 0.05) is 13.0 Å². The van der Waals surface area contributed by atoms with E-state index < -0.39 is 35.7 Å². The number of ether oxygens (including phenoxy) is 2. The molecule has 0 aromatic heterocycles. The SMILES string of the molecule is CC(C)(C)OC(=O)C(Cc1ccc(O)cc1)NC(=O)C1CCCCN1C(=O)OCc1ccccc1. The first-order valence-electron chi connectivity index (χ1n) is 11.9. The van der Waals surface area contributed by atoms with Crippen LogP contribution in [0.25, 0.3) is 0 Å². The summed E-state index contributed by atoms with van der Waals surface area (Å²) >= 11 is 0. The van der Waals surface area contributed by atoms with Crippen molar-refractivity contribution < 1.29 is 29.0 Å². The fraction of sp³-hybridized carbons (Fsp3) is 0.444. The number of rotatable bonds is 7. The van der Waals surface area contributed by atoms with Crippen molar-refractivity contribution in [1.82, 2.24) is 10.2 Å². The normalized spacial score (nSPS) is 16.8. The summed E-state index contributed by atoms with van der Waals surface area (Å²) < 4.78 is 11.0. The molecule has 188 valence electrons. The molecule has 2 aromatic rings. The van der Waals surface area contributed by atoms with Gasteiger partial charge < -0.3 is 19.9 Å². The van der Waals surface area contributed by atoms with Crippen LogP contribution in [0.4, 0.5) is 4.79 Å². The molecule has 8 nitrogen and oxygen atoms in total. The van der Waals surface area contributed by atoms with E-state index in [1.807, 2.05) is 30.3 Å². The lowest BCUT2D eigenvalue weighted by atomic mass is 10.0. The molecule has 2 atom stereocenters. The van der Waals surface area contributed by atoms with Crippen molar-refractivity contribution in [2.45, 2.75) is 70.7 Å². The molecule has 1 fully saturated rings. The Morgan fingerprint density at radius 3 is 2.37 bits per heavy atom. The zero-order valence-electron chi connectivity index (χ0n) is 20.5. The number of phenols is 1. The fourth-order valence-corrected chi connectivity index (χ4v) is 3.93. The number of hydrogen-bond donors (Lipinski definition) is 2. The minimum atomic E-state index is -0.949. The molecule has 0 radical (unpaired) electrons. The Morgan fingerprint density at radius 1 is 1.03 bits per heavy atom. The maximum Gasteiger partial charge on any atom is 0.410 e. The van der Waals surface area contributed by atoms with E-state index in [2.05, 4.69) is 5.32 Å². The zero-order chi connectivity index (χ0) is 25.4. The van der Waals surface area contributed by atoms with Crippen LogP contribution >= 0.6 is 0 Å². The molecule has 0 spiro atoms. The molecule has 1 saturated heterocycles. The Balaban J connectivity index is 1.70. The zero-order valence-corrected chi connectivity index (χ0v) is 20.5. The molecular weight excluding hydrogens is 448 g/mol. The molecule has 35 heavy (non-hydrogen) atoms. The summed E-state index contributed by atoms with van der Waals surface area (Å²) in [5.41, 5.74) is 0.882. The minimum absolute atomic E-state index is 0.110. The first kappa shape index (κ1) is 26.1. The summed E-state index contributed by atoms with van der Waals surface area (Å²) in [5, 5.41) is 12.4. The van der Waals surface area contributed by atoms with Crippen molar-refractivity contribution >= 4 is 18.0 Å². The third-order valence-electron chi connectivity index (χ3n) is 5.63. The lowest BCUT2D eigenvalue weighted by Crippen LogP contribution is -2.56. The molecule has 0 bridgehead atoms. The number of nitrogens with one attached hydrogen (secondary N) is 1. The van der Waals surface area contributed by atoms with E-state index in [0.29, 0.717) is 13.0 Å². The number of carbonyl (C=O) groups excluding carboxylic acids is 3. The van der Waals surface area contributed by atoms with Crippen LogP contribution in [0.5, 0.6) is 5.75 Å². The van der Waals surface area contributed by atoms with Gasteiger partial charge in [0.2, 0.25) is 5.91 Å². The molecule has 3 rings (SSSR count). The second-order valence-electron chi connectivity index (χ2n) is 9.71. The summed E-state index contributed by atoms with van der Waals surface area (Å²) in [5.74, 6) is -0.873. The number of carbonyl (C=O) groups is 3. The standard InChI is InChI=1S/C27H34N2O6/c1-27(2,3)35-25(32)22(17-19-12-14-21(30)15-13-19)28-24(31)23-11-7-8-16-29(23)26(33)34-18-20-9-5-4-6-10-20/h4-6,9-10,12-15,22-23,30H,7-8,11,16-18H2,1-3H3,(H,28,31). The number of piperidine rings is 1. The van der Waals surface area contributed by atoms with Crippen molar-refractivity contribution in [3.8, 4) is 5.75 Å². The van der Waals surface area contributed by atoms with E-state index in [-0.39, 0.29) is 18.8 Å². The van der Waals surface area contributed by atoms with E-state index >= 15 is 0 Å². The molecule has 1 aliphatic heterocycles. The number of hydrogen-bond acceptors (Lipinski definition) is 6. The molecule has 0 saturated carbocycles. The van der Waals surface area contributed by atoms with Gasteiger partial charge in [-0.15, -0.1) is 0 Å². The molecule has 8 heteroatoms. The van der Waals surface area contributed by atoms with E-state index in [4.69, 9.17) is 9.47 Å². The lowest BCUT2D eigenvalue weighted by Gasteiger charge is -2.35. The smallest absolute Gasteiger partial charge is 0.410 e. The Hall–Kier alpha value is -3.55. The summed E-state index contributed by atoms with van der Waals surface area (Å²) in [4.78, 5) is 40.5. The van der Waals surface area contributed by atoms with Crippen LogP contribution in [0.15, 0.2) is 54.6 Å². The Bertz CT molecular complexity index is 1000. The van der Waals surface area contributed by atoms with Gasteiger partial charge >= 0.3 is 12.1 Å². The number of nitrogens with zero attached hydrogens (tertiary/aromatic N) is 1. The number of esters is 1. The molecule has 2 N–H and O–H groups in total. The molecular formula is C27H34N2O6. The van der Waals surface area contributed by atoms with Crippen LogP contribution in [-0.4, -0.2) is 52.2 Å². The highest BCUT2D eigenvalue weighted by atomic mass is 16.6. The van der Waals surface area contributed by atoms with E-state index in [0.717, 1.165) is 24.0 Å². The number of phenolic OH excluding ortho intramolecular Hbond substituents is 1. The average molecular weight is 483 g/mol. The van der Waals surface area contributed by atoms with Gasteiger partial charge in [-0.05, 0) is 63.3 Å². The Labute approximate surface area is 206 Å². The van der Waals surface area contributed by atoms with Crippen molar-refractivity contribution in [2.75, 3.05) is 6.54 Å². The average Bonchev–Trinajstić information content (AvgIpc) is 2.83. The van der Waals surface area contributed by atoms with E-state index in [1.165, 1.54) is 17.0 Å². The first-order valence-corrected chi connectivity index (χ1v) is 11.9. The largest absolute Gasteiger partial charge is 0.508 e. The molecule has 2 aromatic carbocycles. The first-order chi connectivity index (χ1) is 16.6. The maximum absolute atomic E-state index is 13.3. The predicted octanol–water partition coefficient (Wildman–Crippen LogP) is 3.95. The van der Waals surface area contributed by atoms with Crippen LogP contribution in [0.1, 0.15) is 51.2 Å². The second kappa shape index (κ2) is 11.7. The molecule has 2 amide bonds. The van der Waals surface area contributed by atoms with Crippen LogP contribution in [0.2, 0.25) is 0 Å². The summed E-state index contributed by atoms with van der Waals surface area (Å²) in [6.45, 7) is 5.80. The van der Waals surface area contributed by atoms with Crippen molar-refractivity contribution in [2.24, 2.45) is 0 Å². The molecule has 1 heterocycles. The number of amides is 2. The van der Waals surface area contributed by atoms with Crippen LogP contribution in [-0.2, 0) is 32.1 Å². The summed E-state index contributed by atoms with van der Waals surface area (Å²) in [6, 6.07) is 14.1. The highest BCUT2D eigenvalue weighted by molar-refractivity contribution is 5.90. The van der Waals surface area contributed by atoms with Crippen LogP contribution in [0.3, 0.4) is 0 Å². The number of benzene rings is 2. The summed E-state index contributed by atoms with van der Waals surface area (Å²) in [7, 11) is 0. The van der Waals surface area contributed by atoms with Gasteiger partial charge in [0.15, 0.2) is 0 Å². The molecule has 2 unspecified atom stereocenters. The van der Waals surface area contributed by atoms with Crippen LogP contribution < -0.4 is 5.32 Å². The quantitative estimate of drug-likeness (QED) is 0.579. The fourth-order valence-electron chi connectivity index (χ4n) is 3.93. The summed E-state index contributed by atoms with van der Waals surface area (Å²) in [6.07, 6.45) is 1.67. The maximum atomic E-state index is 13.3. The van der Waals surface area contributed by atoms with Gasteiger partial charge in [0.05, 0.1) is 0 Å². The van der Waals surface area contributed by atoms with Crippen molar-refractivity contribution in [3.05, 3.63) is 65.7 Å². The lowest BCUT2D eigenvalue weighted by molar-refractivity contribution is -0.159. The Morgan fingerprint density at radius 2 is 1.71 bits per heavy atom. The van der Waals surface area contributed by atoms with Crippen LogP contribution in [0, 0.1) is 0 Å². The Kier molecular flexibility index (Phi) is 8.73. The third-order valence-corrected chi connectivity index (χ3v) is 5.63. The number of aromatic hydroxyl groups is 1. The van der Waals surface area contributed by atoms with Gasteiger partial charge in [0.1, 0.15) is 30.0 Å². The van der Waals surface area contributed by atoms with Gasteiger partial charge in [0.25, 0.3) is 0 Å². The van der Waals surface area contributed by atoms with E-state index in [1.54, 1.807) is 32.9 Å². The second-order valence-corrected chi connectivity index (χ2v) is 9.71. The highest BCUT2D eigenvalue weighted by Crippen LogP contribution is 2.20. The molecule has 0 aliphatic carbocycles. The van der Waals surface area contributed by atoms with Crippen molar-refractivity contribution in [3.63, 3.8) is 0 Å². The third kappa shape index (κ3) is 8.02. The predicted molar refractivity (Wildman–Crippen MR) is 131 cm³/mol. The van der Waals surface area contributed by atoms with Gasteiger partial charge in [-0.1, -0.05) is 42.5 Å². The van der Waals surface area contributed by atoms with Gasteiger partial charge in [-0.3, -0.25) is 9.69 Å².